The number of oxazole rings is 1. The maximum absolute atomic E-state index is 12.5. The van der Waals surface area contributed by atoms with E-state index in [2.05, 4.69) is 10.3 Å². The van der Waals surface area contributed by atoms with Crippen molar-refractivity contribution in [3.8, 4) is 11.5 Å². The quantitative estimate of drug-likeness (QED) is 0.639. The fraction of sp³-hybridized carbons (Fsp3) is 0.261. The predicted octanol–water partition coefficient (Wildman–Crippen LogP) is 4.33. The summed E-state index contributed by atoms with van der Waals surface area (Å²) in [5.41, 5.74) is 2.14. The number of rotatable bonds is 5. The molecule has 2 aromatic carbocycles. The van der Waals surface area contributed by atoms with Gasteiger partial charge in [-0.25, -0.2) is 9.78 Å². The molecule has 0 spiro atoms. The number of hydrogen-bond donors (Lipinski definition) is 1. The average molecular weight is 405 g/mol. The van der Waals surface area contributed by atoms with Crippen molar-refractivity contribution in [1.29, 1.82) is 0 Å². The Morgan fingerprint density at radius 3 is 2.60 bits per heavy atom. The number of hydrogen-bond acceptors (Lipinski definition) is 5. The normalized spacial score (nSPS) is 16.1. The van der Waals surface area contributed by atoms with Crippen LogP contribution in [-0.2, 0) is 16.1 Å². The van der Waals surface area contributed by atoms with Crippen molar-refractivity contribution in [2.24, 2.45) is 5.92 Å². The van der Waals surface area contributed by atoms with Gasteiger partial charge >= 0.3 is 12.0 Å². The first-order chi connectivity index (χ1) is 14.7. The molecule has 1 fully saturated rings. The maximum atomic E-state index is 12.5. The van der Waals surface area contributed by atoms with Gasteiger partial charge in [0, 0.05) is 24.3 Å². The number of carbonyl (C=O) groups is 2. The van der Waals surface area contributed by atoms with Crippen LogP contribution >= 0.6 is 0 Å². The monoisotopic (exact) mass is 405 g/mol. The molecule has 7 nitrogen and oxygen atoms in total. The molecule has 2 amide bonds. The van der Waals surface area contributed by atoms with Gasteiger partial charge in [-0.05, 0) is 37.1 Å². The van der Waals surface area contributed by atoms with E-state index in [-0.39, 0.29) is 24.5 Å². The number of anilines is 1. The predicted molar refractivity (Wildman–Crippen MR) is 111 cm³/mol. The van der Waals surface area contributed by atoms with Gasteiger partial charge in [0.15, 0.2) is 0 Å². The number of ether oxygens (including phenoxy) is 1. The van der Waals surface area contributed by atoms with E-state index in [1.165, 1.54) is 6.26 Å². The lowest BCUT2D eigenvalue weighted by Gasteiger charge is -2.31. The van der Waals surface area contributed by atoms with Crippen molar-refractivity contribution in [3.63, 3.8) is 0 Å². The number of esters is 1. The summed E-state index contributed by atoms with van der Waals surface area (Å²) in [7, 11) is 0. The fourth-order valence-electron chi connectivity index (χ4n) is 3.43. The summed E-state index contributed by atoms with van der Waals surface area (Å²) >= 11 is 0. The van der Waals surface area contributed by atoms with Gasteiger partial charge in [-0.2, -0.15) is 0 Å². The third-order valence-corrected chi connectivity index (χ3v) is 5.00. The number of piperidine rings is 1. The minimum atomic E-state index is -0.347. The Kier molecular flexibility index (Phi) is 6.08. The molecule has 0 radical (unpaired) electrons. The van der Waals surface area contributed by atoms with Crippen LogP contribution in [0.3, 0.4) is 0 Å². The van der Waals surface area contributed by atoms with E-state index in [1.807, 2.05) is 60.7 Å². The van der Waals surface area contributed by atoms with Crippen molar-refractivity contribution in [3.05, 3.63) is 72.6 Å². The van der Waals surface area contributed by atoms with Crippen LogP contribution in [0.4, 0.5) is 10.5 Å². The van der Waals surface area contributed by atoms with E-state index in [4.69, 9.17) is 9.15 Å². The van der Waals surface area contributed by atoms with Crippen LogP contribution in [0.2, 0.25) is 0 Å². The number of aromatic nitrogens is 1. The molecule has 1 atom stereocenters. The lowest BCUT2D eigenvalue weighted by Crippen LogP contribution is -2.44. The molecular weight excluding hydrogens is 382 g/mol. The number of nitrogens with zero attached hydrogens (tertiary/aromatic N) is 2. The molecule has 4 rings (SSSR count). The van der Waals surface area contributed by atoms with E-state index in [1.54, 1.807) is 4.90 Å². The third kappa shape index (κ3) is 4.86. The topological polar surface area (TPSA) is 84.7 Å². The summed E-state index contributed by atoms with van der Waals surface area (Å²) in [4.78, 5) is 31.1. The molecule has 3 aromatic rings. The zero-order valence-corrected chi connectivity index (χ0v) is 16.5. The Morgan fingerprint density at radius 2 is 1.83 bits per heavy atom. The standard InChI is InChI=1S/C23H23N3O4/c27-22(30-16-20-15-29-21(24-20)17-8-3-1-4-9-17)18-10-7-13-26(14-18)23(28)25-19-11-5-2-6-12-19/h1-6,8-9,11-12,15,18H,7,10,13-14,16H2,(H,25,28). The van der Waals surface area contributed by atoms with Crippen molar-refractivity contribution < 1.29 is 18.7 Å². The first kappa shape index (κ1) is 19.7. The number of para-hydroxylation sites is 1. The highest BCUT2D eigenvalue weighted by molar-refractivity contribution is 5.89. The first-order valence-corrected chi connectivity index (χ1v) is 9.96. The maximum Gasteiger partial charge on any atom is 0.321 e. The van der Waals surface area contributed by atoms with Crippen molar-refractivity contribution in [2.75, 3.05) is 18.4 Å². The smallest absolute Gasteiger partial charge is 0.321 e. The molecule has 1 saturated heterocycles. The Hall–Kier alpha value is -3.61. The summed E-state index contributed by atoms with van der Waals surface area (Å²) in [5, 5.41) is 2.86. The molecule has 1 aromatic heterocycles. The van der Waals surface area contributed by atoms with Crippen LogP contribution in [0.25, 0.3) is 11.5 Å². The van der Waals surface area contributed by atoms with Crippen molar-refractivity contribution >= 4 is 17.7 Å². The highest BCUT2D eigenvalue weighted by Gasteiger charge is 2.29. The zero-order valence-electron chi connectivity index (χ0n) is 16.5. The van der Waals surface area contributed by atoms with Crippen LogP contribution in [-0.4, -0.2) is 35.0 Å². The SMILES string of the molecule is O=C(OCc1coc(-c2ccccc2)n1)C1CCCN(C(=O)Nc2ccccc2)C1. The van der Waals surface area contributed by atoms with Gasteiger partial charge in [0.2, 0.25) is 5.89 Å². The molecule has 154 valence electrons. The number of benzene rings is 2. The molecule has 1 unspecified atom stereocenters. The lowest BCUT2D eigenvalue weighted by atomic mass is 9.98. The van der Waals surface area contributed by atoms with Gasteiger partial charge in [-0.15, -0.1) is 0 Å². The summed E-state index contributed by atoms with van der Waals surface area (Å²) in [6, 6.07) is 18.6. The second kappa shape index (κ2) is 9.26. The Labute approximate surface area is 174 Å². The van der Waals surface area contributed by atoms with Crippen molar-refractivity contribution in [1.82, 2.24) is 9.88 Å². The van der Waals surface area contributed by atoms with Gasteiger partial charge in [0.05, 0.1) is 5.92 Å². The molecule has 0 aliphatic carbocycles. The number of carbonyl (C=O) groups excluding carboxylic acids is 2. The molecule has 7 heteroatoms. The lowest BCUT2D eigenvalue weighted by molar-refractivity contribution is -0.151. The molecule has 0 bridgehead atoms. The first-order valence-electron chi connectivity index (χ1n) is 9.96. The van der Waals surface area contributed by atoms with Gasteiger partial charge in [-0.1, -0.05) is 36.4 Å². The Bertz CT molecular complexity index is 988. The number of nitrogens with one attached hydrogen (secondary N) is 1. The highest BCUT2D eigenvalue weighted by atomic mass is 16.5. The summed E-state index contributed by atoms with van der Waals surface area (Å²) < 4.78 is 10.9. The second-order valence-electron chi connectivity index (χ2n) is 7.20. The third-order valence-electron chi connectivity index (χ3n) is 5.00. The largest absolute Gasteiger partial charge is 0.459 e. The van der Waals surface area contributed by atoms with Gasteiger partial charge in [-0.3, -0.25) is 4.79 Å². The second-order valence-corrected chi connectivity index (χ2v) is 7.20. The minimum Gasteiger partial charge on any atom is -0.459 e. The number of urea groups is 1. The number of amides is 2. The highest BCUT2D eigenvalue weighted by Crippen LogP contribution is 2.21. The van der Waals surface area contributed by atoms with E-state index in [0.717, 1.165) is 17.7 Å². The zero-order chi connectivity index (χ0) is 20.8. The van der Waals surface area contributed by atoms with Gasteiger partial charge in [0.25, 0.3) is 0 Å². The molecule has 1 aliphatic heterocycles. The van der Waals surface area contributed by atoms with Crippen LogP contribution in [0.5, 0.6) is 0 Å². The van der Waals surface area contributed by atoms with E-state index in [9.17, 15) is 9.59 Å². The van der Waals surface area contributed by atoms with Gasteiger partial charge < -0.3 is 19.4 Å². The van der Waals surface area contributed by atoms with Crippen molar-refractivity contribution in [2.45, 2.75) is 19.4 Å². The molecule has 30 heavy (non-hydrogen) atoms. The molecule has 0 saturated carbocycles. The van der Waals surface area contributed by atoms with Crippen LogP contribution in [0, 0.1) is 5.92 Å². The van der Waals surface area contributed by atoms with Gasteiger partial charge in [0.1, 0.15) is 18.6 Å². The Balaban J connectivity index is 1.29. The molecule has 2 heterocycles. The van der Waals surface area contributed by atoms with E-state index >= 15 is 0 Å². The summed E-state index contributed by atoms with van der Waals surface area (Å²) in [6.07, 6.45) is 2.95. The summed E-state index contributed by atoms with van der Waals surface area (Å²) in [5.74, 6) is -0.180. The summed E-state index contributed by atoms with van der Waals surface area (Å²) in [6.45, 7) is 1.000. The Morgan fingerprint density at radius 1 is 1.10 bits per heavy atom. The average Bonchev–Trinajstić information content (AvgIpc) is 3.28. The van der Waals surface area contributed by atoms with Crippen LogP contribution in [0.1, 0.15) is 18.5 Å². The minimum absolute atomic E-state index is 0.0435. The van der Waals surface area contributed by atoms with Crippen LogP contribution in [0.15, 0.2) is 71.3 Å². The molecule has 1 N–H and O–H groups in total. The molecule has 1 aliphatic rings. The van der Waals surface area contributed by atoms with E-state index in [0.29, 0.717) is 31.1 Å². The van der Waals surface area contributed by atoms with Crippen LogP contribution < -0.4 is 5.32 Å². The number of likely N-dealkylation sites (tertiary alicyclic amines) is 1. The molecular formula is C23H23N3O4. The fourth-order valence-corrected chi connectivity index (χ4v) is 3.43. The van der Waals surface area contributed by atoms with E-state index < -0.39 is 0 Å².